The zero-order valence-electron chi connectivity index (χ0n) is 18.4. The van der Waals surface area contributed by atoms with Crippen LogP contribution in [-0.2, 0) is 0 Å². The van der Waals surface area contributed by atoms with E-state index in [1.54, 1.807) is 14.1 Å². The number of carbonyl (C=O) groups excluding carboxylic acids is 2. The Kier molecular flexibility index (Phi) is 11.8. The van der Waals surface area contributed by atoms with Gasteiger partial charge in [0.15, 0.2) is 5.96 Å². The van der Waals surface area contributed by atoms with Crippen molar-refractivity contribution in [3.63, 3.8) is 0 Å². The van der Waals surface area contributed by atoms with E-state index in [0.717, 1.165) is 19.3 Å². The highest BCUT2D eigenvalue weighted by molar-refractivity contribution is 6.02. The number of hydrogen-bond acceptors (Lipinski definition) is 7. The van der Waals surface area contributed by atoms with Gasteiger partial charge in [-0.1, -0.05) is 0 Å². The average molecular weight is 438 g/mol. The van der Waals surface area contributed by atoms with Crippen LogP contribution in [0.25, 0.3) is 0 Å². The van der Waals surface area contributed by atoms with Crippen molar-refractivity contribution < 1.29 is 19.1 Å². The van der Waals surface area contributed by atoms with E-state index in [4.69, 9.17) is 32.4 Å². The van der Waals surface area contributed by atoms with Crippen molar-refractivity contribution in [2.75, 3.05) is 40.4 Å². The largest absolute Gasteiger partial charge is 0.493 e. The molecule has 0 aliphatic heterocycles. The molecular formula is C20H35N7O4. The van der Waals surface area contributed by atoms with Crippen LogP contribution >= 0.6 is 0 Å². The van der Waals surface area contributed by atoms with Crippen LogP contribution in [0.4, 0.5) is 0 Å². The van der Waals surface area contributed by atoms with Crippen LogP contribution in [0.5, 0.6) is 11.5 Å². The molecular weight excluding hydrogens is 402 g/mol. The molecule has 0 atom stereocenters. The number of unbranched alkanes of at least 4 members (excludes halogenated alkanes) is 3. The molecule has 1 rings (SSSR count). The van der Waals surface area contributed by atoms with Gasteiger partial charge in [0.25, 0.3) is 11.8 Å². The van der Waals surface area contributed by atoms with E-state index in [-0.39, 0.29) is 22.8 Å². The van der Waals surface area contributed by atoms with Crippen LogP contribution in [0.1, 0.15) is 52.8 Å². The topological polar surface area (TPSA) is 184 Å². The van der Waals surface area contributed by atoms with Gasteiger partial charge in [-0.2, -0.15) is 0 Å². The normalized spacial score (nSPS) is 10.6. The van der Waals surface area contributed by atoms with Gasteiger partial charge in [-0.05, 0) is 44.7 Å². The number of hydrazine groups is 1. The number of rotatable bonds is 15. The number of benzene rings is 1. The van der Waals surface area contributed by atoms with Crippen molar-refractivity contribution in [2.24, 2.45) is 27.9 Å². The summed E-state index contributed by atoms with van der Waals surface area (Å²) in [5.41, 5.74) is 24.6. The maximum absolute atomic E-state index is 12.6. The predicted molar refractivity (Wildman–Crippen MR) is 120 cm³/mol. The van der Waals surface area contributed by atoms with E-state index in [0.29, 0.717) is 44.9 Å². The van der Waals surface area contributed by atoms with Gasteiger partial charge in [-0.25, -0.2) is 5.01 Å². The Bertz CT molecular complexity index is 749. The van der Waals surface area contributed by atoms with Gasteiger partial charge >= 0.3 is 0 Å². The Morgan fingerprint density at radius 1 is 0.935 bits per heavy atom. The standard InChI is InChI=1S/C20H35N7O4/c1-27(2)26-19(29)15-12-14(18(22)28)16(30-11-7-5-9-25-20(23)24)13-17(15)31-10-6-3-4-8-21/h12-13H,3-11,21H2,1-2H3,(H2,22,28)(H,26,29)(H4,23,24,25). The summed E-state index contributed by atoms with van der Waals surface area (Å²) in [7, 11) is 3.36. The lowest BCUT2D eigenvalue weighted by Gasteiger charge is -2.18. The number of nitrogens with one attached hydrogen (secondary N) is 1. The van der Waals surface area contributed by atoms with Crippen LogP contribution in [-0.4, -0.2) is 63.2 Å². The highest BCUT2D eigenvalue weighted by atomic mass is 16.5. The molecule has 2 amide bonds. The number of carbonyl (C=O) groups is 2. The molecule has 0 aliphatic rings. The zero-order valence-corrected chi connectivity index (χ0v) is 18.4. The first-order valence-corrected chi connectivity index (χ1v) is 10.2. The molecule has 0 saturated carbocycles. The summed E-state index contributed by atoms with van der Waals surface area (Å²) in [5.74, 6) is -0.519. The molecule has 1 aromatic rings. The highest BCUT2D eigenvalue weighted by Crippen LogP contribution is 2.30. The van der Waals surface area contributed by atoms with E-state index in [2.05, 4.69) is 10.4 Å². The smallest absolute Gasteiger partial charge is 0.269 e. The van der Waals surface area contributed by atoms with E-state index in [9.17, 15) is 9.59 Å². The summed E-state index contributed by atoms with van der Waals surface area (Å²) in [6.07, 6.45) is 3.95. The molecule has 9 N–H and O–H groups in total. The summed E-state index contributed by atoms with van der Waals surface area (Å²) in [5, 5.41) is 1.50. The van der Waals surface area contributed by atoms with Crippen molar-refractivity contribution in [2.45, 2.75) is 32.1 Å². The average Bonchev–Trinajstić information content (AvgIpc) is 2.69. The molecule has 174 valence electrons. The van der Waals surface area contributed by atoms with Crippen LogP contribution in [0.15, 0.2) is 17.1 Å². The minimum Gasteiger partial charge on any atom is -0.493 e. The number of amides is 2. The number of guanidine groups is 1. The minimum absolute atomic E-state index is 0.0387. The fourth-order valence-electron chi connectivity index (χ4n) is 2.64. The fourth-order valence-corrected chi connectivity index (χ4v) is 2.64. The zero-order chi connectivity index (χ0) is 23.2. The predicted octanol–water partition coefficient (Wildman–Crippen LogP) is -0.0679. The molecule has 0 aliphatic carbocycles. The van der Waals surface area contributed by atoms with E-state index in [1.807, 2.05) is 0 Å². The Morgan fingerprint density at radius 2 is 1.55 bits per heavy atom. The van der Waals surface area contributed by atoms with Crippen molar-refractivity contribution in [3.8, 4) is 11.5 Å². The first kappa shape index (κ1) is 26.0. The van der Waals surface area contributed by atoms with Crippen LogP contribution in [0.3, 0.4) is 0 Å². The summed E-state index contributed by atoms with van der Waals surface area (Å²) in [6.45, 7) is 1.82. The highest BCUT2D eigenvalue weighted by Gasteiger charge is 2.21. The van der Waals surface area contributed by atoms with E-state index >= 15 is 0 Å². The van der Waals surface area contributed by atoms with Crippen LogP contribution < -0.4 is 37.8 Å². The monoisotopic (exact) mass is 437 g/mol. The number of nitrogens with two attached hydrogens (primary N) is 4. The summed E-state index contributed by atoms with van der Waals surface area (Å²) in [4.78, 5) is 28.5. The number of hydrogen-bond donors (Lipinski definition) is 5. The first-order valence-electron chi connectivity index (χ1n) is 10.2. The lowest BCUT2D eigenvalue weighted by atomic mass is 10.1. The van der Waals surface area contributed by atoms with Gasteiger partial charge in [0, 0.05) is 26.7 Å². The Morgan fingerprint density at radius 3 is 2.10 bits per heavy atom. The summed E-state index contributed by atoms with van der Waals surface area (Å²) >= 11 is 0. The molecule has 0 bridgehead atoms. The Hall–Kier alpha value is -3.05. The van der Waals surface area contributed by atoms with Gasteiger partial charge in [0.1, 0.15) is 11.5 Å². The Balaban J connectivity index is 3.00. The molecule has 0 aromatic heterocycles. The summed E-state index contributed by atoms with van der Waals surface area (Å²) < 4.78 is 11.6. The number of aliphatic imine (C=N–C) groups is 1. The van der Waals surface area contributed by atoms with E-state index in [1.165, 1.54) is 17.1 Å². The lowest BCUT2D eigenvalue weighted by Crippen LogP contribution is -2.36. The number of primary amides is 1. The molecule has 0 fully saturated rings. The van der Waals surface area contributed by atoms with Crippen molar-refractivity contribution in [3.05, 3.63) is 23.3 Å². The summed E-state index contributed by atoms with van der Waals surface area (Å²) in [6, 6.07) is 2.93. The van der Waals surface area contributed by atoms with Crippen molar-refractivity contribution in [1.82, 2.24) is 10.4 Å². The minimum atomic E-state index is -0.705. The second-order valence-electron chi connectivity index (χ2n) is 7.10. The quantitative estimate of drug-likeness (QED) is 0.109. The van der Waals surface area contributed by atoms with Gasteiger partial charge in [0.05, 0.1) is 24.3 Å². The molecule has 0 heterocycles. The second-order valence-corrected chi connectivity index (χ2v) is 7.10. The number of ether oxygens (including phenoxy) is 2. The molecule has 0 radical (unpaired) electrons. The van der Waals surface area contributed by atoms with Gasteiger partial charge < -0.3 is 32.4 Å². The molecule has 0 unspecified atom stereocenters. The van der Waals surface area contributed by atoms with Crippen LogP contribution in [0.2, 0.25) is 0 Å². The fraction of sp³-hybridized carbons (Fsp3) is 0.550. The van der Waals surface area contributed by atoms with Crippen LogP contribution in [0, 0.1) is 0 Å². The van der Waals surface area contributed by atoms with Crippen molar-refractivity contribution in [1.29, 1.82) is 0 Å². The van der Waals surface area contributed by atoms with Gasteiger partial charge in [-0.3, -0.25) is 20.0 Å². The lowest BCUT2D eigenvalue weighted by molar-refractivity contribution is 0.0852. The third-order valence-electron chi connectivity index (χ3n) is 4.13. The van der Waals surface area contributed by atoms with Gasteiger partial charge in [-0.15, -0.1) is 0 Å². The number of nitrogens with zero attached hydrogens (tertiary/aromatic N) is 2. The molecule has 0 spiro atoms. The maximum Gasteiger partial charge on any atom is 0.269 e. The molecule has 11 nitrogen and oxygen atoms in total. The molecule has 31 heavy (non-hydrogen) atoms. The Labute approximate surface area is 183 Å². The van der Waals surface area contributed by atoms with Gasteiger partial charge in [0.2, 0.25) is 0 Å². The van der Waals surface area contributed by atoms with E-state index < -0.39 is 11.8 Å². The maximum atomic E-state index is 12.6. The van der Waals surface area contributed by atoms with Crippen molar-refractivity contribution >= 4 is 17.8 Å². The second kappa shape index (κ2) is 14.0. The SMILES string of the molecule is CN(C)NC(=O)c1cc(C(N)=O)c(OCCCCN=C(N)N)cc1OCCCCCN. The third kappa shape index (κ3) is 10.0. The molecule has 1 aromatic carbocycles. The third-order valence-corrected chi connectivity index (χ3v) is 4.13. The molecule has 11 heteroatoms. The first-order chi connectivity index (χ1) is 14.8. The molecule has 0 saturated heterocycles.